The maximum absolute atomic E-state index is 12.3. The van der Waals surface area contributed by atoms with E-state index < -0.39 is 12.2 Å². The van der Waals surface area contributed by atoms with E-state index in [9.17, 15) is 8.78 Å². The smallest absolute Gasteiger partial charge is 0.253 e. The average molecular weight is 236 g/mol. The molecule has 86 valence electrons. The zero-order valence-corrected chi connectivity index (χ0v) is 8.38. The molecule has 6 nitrogen and oxygen atoms in total. The number of aromatic amines is 1. The molecule has 0 spiro atoms. The first kappa shape index (κ1) is 9.82. The molecule has 0 aromatic carbocycles. The Morgan fingerprint density at radius 1 is 1.35 bits per heavy atom. The third kappa shape index (κ3) is 1.53. The van der Waals surface area contributed by atoms with Crippen LogP contribution >= 0.6 is 0 Å². The van der Waals surface area contributed by atoms with Crippen molar-refractivity contribution < 1.29 is 8.78 Å². The van der Waals surface area contributed by atoms with Gasteiger partial charge in [-0.15, -0.1) is 0 Å². The highest BCUT2D eigenvalue weighted by molar-refractivity contribution is 5.74. The topological polar surface area (TPSA) is 72.3 Å². The quantitative estimate of drug-likeness (QED) is 0.731. The molecule has 0 fully saturated rings. The van der Waals surface area contributed by atoms with Gasteiger partial charge in [-0.1, -0.05) is 0 Å². The minimum Gasteiger partial charge on any atom is -0.253 e. The number of hydrogen-bond acceptors (Lipinski definition) is 4. The molecule has 1 N–H and O–H groups in total. The zero-order chi connectivity index (χ0) is 11.8. The Labute approximate surface area is 93.3 Å². The predicted molar refractivity (Wildman–Crippen MR) is 53.8 cm³/mol. The lowest BCUT2D eigenvalue weighted by Crippen LogP contribution is -1.98. The van der Waals surface area contributed by atoms with Crippen molar-refractivity contribution in [3.8, 4) is 5.95 Å². The maximum atomic E-state index is 12.3. The Hall–Kier alpha value is -2.38. The van der Waals surface area contributed by atoms with Crippen LogP contribution in [-0.4, -0.2) is 29.9 Å². The van der Waals surface area contributed by atoms with Crippen LogP contribution in [0.15, 0.2) is 24.5 Å². The molecule has 3 aromatic heterocycles. The molecular formula is C9H6F2N6. The summed E-state index contributed by atoms with van der Waals surface area (Å²) < 4.78 is 26.1. The second-order valence-electron chi connectivity index (χ2n) is 3.28. The van der Waals surface area contributed by atoms with Gasteiger partial charge in [0.2, 0.25) is 11.8 Å². The van der Waals surface area contributed by atoms with E-state index in [0.29, 0.717) is 11.0 Å². The first-order chi connectivity index (χ1) is 8.25. The Bertz CT molecular complexity index is 658. The molecule has 0 unspecified atom stereocenters. The van der Waals surface area contributed by atoms with Crippen molar-refractivity contribution in [2.45, 2.75) is 6.43 Å². The summed E-state index contributed by atoms with van der Waals surface area (Å²) in [5.74, 6) is -0.407. The number of pyridine rings is 1. The molecule has 0 radical (unpaired) electrons. The van der Waals surface area contributed by atoms with Crippen LogP contribution in [-0.2, 0) is 0 Å². The molecule has 0 bridgehead atoms. The van der Waals surface area contributed by atoms with E-state index in [-0.39, 0.29) is 5.95 Å². The fourth-order valence-corrected chi connectivity index (χ4v) is 1.49. The molecule has 3 heterocycles. The number of fused-ring (bicyclic) bond motifs is 1. The fraction of sp³-hybridized carbons (Fsp3) is 0.111. The van der Waals surface area contributed by atoms with Crippen LogP contribution in [0.5, 0.6) is 0 Å². The van der Waals surface area contributed by atoms with Gasteiger partial charge in [0.25, 0.3) is 6.43 Å². The van der Waals surface area contributed by atoms with Crippen molar-refractivity contribution in [1.29, 1.82) is 0 Å². The largest absolute Gasteiger partial charge is 0.299 e. The highest BCUT2D eigenvalue weighted by Gasteiger charge is 2.15. The highest BCUT2D eigenvalue weighted by atomic mass is 19.3. The first-order valence-electron chi connectivity index (χ1n) is 4.75. The van der Waals surface area contributed by atoms with Crippen LogP contribution in [0.2, 0.25) is 0 Å². The molecule has 17 heavy (non-hydrogen) atoms. The molecule has 3 aromatic rings. The van der Waals surface area contributed by atoms with E-state index in [2.05, 4.69) is 25.3 Å². The lowest BCUT2D eigenvalue weighted by molar-refractivity contribution is 0.141. The molecule has 0 aliphatic carbocycles. The summed E-state index contributed by atoms with van der Waals surface area (Å²) in [4.78, 5) is 7.73. The van der Waals surface area contributed by atoms with E-state index in [1.54, 1.807) is 18.3 Å². The number of hydrogen-bond donors (Lipinski definition) is 1. The van der Waals surface area contributed by atoms with Gasteiger partial charge in [0, 0.05) is 6.20 Å². The van der Waals surface area contributed by atoms with E-state index in [0.717, 1.165) is 0 Å². The molecule has 8 heteroatoms. The van der Waals surface area contributed by atoms with Gasteiger partial charge in [-0.2, -0.15) is 19.9 Å². The van der Waals surface area contributed by atoms with Gasteiger partial charge < -0.3 is 0 Å². The van der Waals surface area contributed by atoms with Crippen LogP contribution in [0.1, 0.15) is 12.2 Å². The van der Waals surface area contributed by atoms with Crippen molar-refractivity contribution in [3.63, 3.8) is 0 Å². The Morgan fingerprint density at radius 3 is 3.00 bits per heavy atom. The summed E-state index contributed by atoms with van der Waals surface area (Å²) in [6.45, 7) is 0. The lowest BCUT2D eigenvalue weighted by Gasteiger charge is -1.96. The van der Waals surface area contributed by atoms with Crippen LogP contribution < -0.4 is 0 Å². The van der Waals surface area contributed by atoms with Crippen molar-refractivity contribution in [3.05, 3.63) is 30.4 Å². The second kappa shape index (κ2) is 3.58. The second-order valence-corrected chi connectivity index (χ2v) is 3.28. The zero-order valence-electron chi connectivity index (χ0n) is 8.38. The van der Waals surface area contributed by atoms with Gasteiger partial charge in [-0.3, -0.25) is 4.98 Å². The van der Waals surface area contributed by atoms with Crippen molar-refractivity contribution in [2.24, 2.45) is 0 Å². The molecule has 0 aliphatic heterocycles. The number of nitrogens with zero attached hydrogens (tertiary/aromatic N) is 5. The average Bonchev–Trinajstić information content (AvgIpc) is 2.95. The Balaban J connectivity index is 2.14. The molecule has 0 atom stereocenters. The van der Waals surface area contributed by atoms with Crippen LogP contribution in [0, 0.1) is 0 Å². The molecule has 0 saturated heterocycles. The predicted octanol–water partition coefficient (Wildman–Crippen LogP) is 1.48. The van der Waals surface area contributed by atoms with Crippen LogP contribution in [0.25, 0.3) is 17.0 Å². The van der Waals surface area contributed by atoms with Crippen molar-refractivity contribution in [2.75, 3.05) is 0 Å². The van der Waals surface area contributed by atoms with Crippen molar-refractivity contribution in [1.82, 2.24) is 29.9 Å². The summed E-state index contributed by atoms with van der Waals surface area (Å²) in [7, 11) is 0. The van der Waals surface area contributed by atoms with Gasteiger partial charge in [-0.25, -0.2) is 13.9 Å². The van der Waals surface area contributed by atoms with E-state index in [1.165, 1.54) is 10.9 Å². The van der Waals surface area contributed by atoms with E-state index in [4.69, 9.17) is 0 Å². The third-order valence-electron chi connectivity index (χ3n) is 2.23. The van der Waals surface area contributed by atoms with E-state index in [1.807, 2.05) is 0 Å². The summed E-state index contributed by atoms with van der Waals surface area (Å²) >= 11 is 0. The minimum atomic E-state index is -2.71. The molecular weight excluding hydrogens is 230 g/mol. The molecule has 3 rings (SSSR count). The Morgan fingerprint density at radius 2 is 2.24 bits per heavy atom. The number of aromatic nitrogens is 6. The van der Waals surface area contributed by atoms with Gasteiger partial charge in [-0.05, 0) is 12.1 Å². The normalized spacial score (nSPS) is 11.5. The van der Waals surface area contributed by atoms with Gasteiger partial charge >= 0.3 is 0 Å². The monoisotopic (exact) mass is 236 g/mol. The fourth-order valence-electron chi connectivity index (χ4n) is 1.49. The lowest BCUT2D eigenvalue weighted by atomic mass is 10.4. The minimum absolute atomic E-state index is 0.142. The number of nitrogens with one attached hydrogen (secondary N) is 1. The van der Waals surface area contributed by atoms with Crippen molar-refractivity contribution >= 4 is 11.0 Å². The molecule has 0 saturated carbocycles. The number of rotatable bonds is 2. The van der Waals surface area contributed by atoms with Gasteiger partial charge in [0.1, 0.15) is 5.52 Å². The summed E-state index contributed by atoms with van der Waals surface area (Å²) in [5, 5.41) is 9.84. The first-order valence-corrected chi connectivity index (χ1v) is 4.75. The summed E-state index contributed by atoms with van der Waals surface area (Å²) in [5.41, 5.74) is 1.33. The molecule has 0 aliphatic rings. The number of halogens is 2. The SMILES string of the molecule is FC(F)c1n[nH]c(-n2ncc3ncccc32)n1. The third-order valence-corrected chi connectivity index (χ3v) is 2.23. The van der Waals surface area contributed by atoms with Gasteiger partial charge in [0.05, 0.1) is 11.7 Å². The maximum Gasteiger partial charge on any atom is 0.299 e. The standard InChI is InChI=1S/C9H6F2N6/c10-7(11)8-14-9(16-15-8)17-6-2-1-3-12-5(6)4-13-17/h1-4,7H,(H,14,15,16). The van der Waals surface area contributed by atoms with E-state index >= 15 is 0 Å². The van der Waals surface area contributed by atoms with Crippen LogP contribution in [0.4, 0.5) is 8.78 Å². The Kier molecular flexibility index (Phi) is 2.07. The van der Waals surface area contributed by atoms with Crippen LogP contribution in [0.3, 0.4) is 0 Å². The summed E-state index contributed by atoms with van der Waals surface area (Å²) in [6.07, 6.45) is 0.444. The number of H-pyrrole nitrogens is 1. The summed E-state index contributed by atoms with van der Waals surface area (Å²) in [6, 6.07) is 3.49. The number of alkyl halides is 2. The highest BCUT2D eigenvalue weighted by Crippen LogP contribution is 2.17. The van der Waals surface area contributed by atoms with Gasteiger partial charge in [0.15, 0.2) is 0 Å². The molecule has 0 amide bonds.